The lowest BCUT2D eigenvalue weighted by Crippen LogP contribution is -2.44. The van der Waals surface area contributed by atoms with Gasteiger partial charge >= 0.3 is 0 Å². The Hall–Kier alpha value is -2.32. The number of nitrogens with one attached hydrogen (secondary N) is 2. The molecule has 2 aliphatic rings. The molecule has 1 aliphatic carbocycles. The smallest absolute Gasteiger partial charge is 0.235 e. The van der Waals surface area contributed by atoms with E-state index in [1.165, 1.54) is 0 Å². The molecule has 0 radical (unpaired) electrons. The summed E-state index contributed by atoms with van der Waals surface area (Å²) in [4.78, 5) is 15.0. The maximum atomic E-state index is 12.8. The second-order valence-electron chi connectivity index (χ2n) is 8.35. The first-order valence-corrected chi connectivity index (χ1v) is 12.2. The van der Waals surface area contributed by atoms with Crippen LogP contribution in [0.25, 0.3) is 0 Å². The van der Waals surface area contributed by atoms with Crippen molar-refractivity contribution in [2.75, 3.05) is 13.1 Å². The molecule has 1 fully saturated rings. The van der Waals surface area contributed by atoms with Crippen molar-refractivity contribution < 1.29 is 17.9 Å². The SMILES string of the molecule is C=C/C=C(\C=C(/C)N1CC(C)OC(C)C1)NC(=O)C1C=CC(NS(=O)(=O)C(C)C)=CC1. The number of hydrogen-bond acceptors (Lipinski definition) is 5. The van der Waals surface area contributed by atoms with E-state index in [-0.39, 0.29) is 24.0 Å². The van der Waals surface area contributed by atoms with Crippen LogP contribution in [0.4, 0.5) is 0 Å². The first-order chi connectivity index (χ1) is 14.5. The van der Waals surface area contributed by atoms with Gasteiger partial charge in [-0.2, -0.15) is 0 Å². The first-order valence-electron chi connectivity index (χ1n) is 10.6. The maximum Gasteiger partial charge on any atom is 0.235 e. The first kappa shape index (κ1) is 24.9. The average Bonchev–Trinajstić information content (AvgIpc) is 2.67. The van der Waals surface area contributed by atoms with Crippen LogP contribution < -0.4 is 10.0 Å². The molecular formula is C23H35N3O4S. The Bertz CT molecular complexity index is 890. The molecular weight excluding hydrogens is 414 g/mol. The molecule has 1 heterocycles. The second kappa shape index (κ2) is 10.8. The van der Waals surface area contributed by atoms with E-state index in [9.17, 15) is 13.2 Å². The fourth-order valence-corrected chi connectivity index (χ4v) is 4.16. The van der Waals surface area contributed by atoms with Gasteiger partial charge in [0.2, 0.25) is 15.9 Å². The summed E-state index contributed by atoms with van der Waals surface area (Å²) < 4.78 is 32.3. The molecule has 1 amide bonds. The maximum absolute atomic E-state index is 12.8. The lowest BCUT2D eigenvalue weighted by molar-refractivity contribution is -0.122. The fraction of sp³-hybridized carbons (Fsp3) is 0.522. The topological polar surface area (TPSA) is 87.7 Å². The molecule has 7 nitrogen and oxygen atoms in total. The fourth-order valence-electron chi connectivity index (χ4n) is 3.44. The standard InChI is InChI=1S/C23H35N3O4S/c1-7-8-22(13-17(4)26-14-18(5)30-19(6)15-26)24-23(27)20-9-11-21(12-10-20)25-31(28,29)16(2)3/h7-9,11-13,16,18-20,25H,1,10,14-15H2,2-6H3,(H,24,27)/b17-13+,22-8+. The molecule has 0 spiro atoms. The van der Waals surface area contributed by atoms with Gasteiger partial charge in [0.05, 0.1) is 23.4 Å². The molecule has 31 heavy (non-hydrogen) atoms. The Morgan fingerprint density at radius 3 is 2.45 bits per heavy atom. The molecule has 2 rings (SSSR count). The number of carbonyl (C=O) groups excluding carboxylic acids is 1. The molecule has 2 N–H and O–H groups in total. The van der Waals surface area contributed by atoms with Gasteiger partial charge in [-0.15, -0.1) is 0 Å². The van der Waals surface area contributed by atoms with Gasteiger partial charge in [-0.05, 0) is 59.3 Å². The van der Waals surface area contributed by atoms with Crippen LogP contribution in [0.1, 0.15) is 41.0 Å². The average molecular weight is 450 g/mol. The third-order valence-corrected chi connectivity index (χ3v) is 6.93. The Kier molecular flexibility index (Phi) is 8.70. The molecule has 172 valence electrons. The molecule has 0 aromatic rings. The van der Waals surface area contributed by atoms with E-state index in [1.807, 2.05) is 13.0 Å². The number of rotatable bonds is 8. The van der Waals surface area contributed by atoms with Gasteiger partial charge in [0, 0.05) is 30.2 Å². The Balaban J connectivity index is 2.01. The molecule has 3 unspecified atom stereocenters. The predicted molar refractivity (Wildman–Crippen MR) is 124 cm³/mol. The number of allylic oxidation sites excluding steroid dienone is 6. The molecule has 0 bridgehead atoms. The summed E-state index contributed by atoms with van der Waals surface area (Å²) >= 11 is 0. The summed E-state index contributed by atoms with van der Waals surface area (Å²) in [6.07, 6.45) is 11.2. The number of hydrogen-bond donors (Lipinski definition) is 2. The van der Waals surface area contributed by atoms with E-state index in [4.69, 9.17) is 4.74 Å². The minimum absolute atomic E-state index is 0.148. The normalized spacial score (nSPS) is 25.3. The van der Waals surface area contributed by atoms with Crippen LogP contribution in [0.5, 0.6) is 0 Å². The quantitative estimate of drug-likeness (QED) is 0.556. The molecule has 8 heteroatoms. The summed E-state index contributed by atoms with van der Waals surface area (Å²) in [7, 11) is -3.41. The van der Waals surface area contributed by atoms with E-state index in [2.05, 4.69) is 35.4 Å². The highest BCUT2D eigenvalue weighted by Gasteiger charge is 2.23. The van der Waals surface area contributed by atoms with Crippen molar-refractivity contribution in [3.05, 3.63) is 60.1 Å². The van der Waals surface area contributed by atoms with Crippen molar-refractivity contribution in [3.63, 3.8) is 0 Å². The zero-order valence-corrected chi connectivity index (χ0v) is 19.9. The van der Waals surface area contributed by atoms with E-state index >= 15 is 0 Å². The molecule has 1 aliphatic heterocycles. The summed E-state index contributed by atoms with van der Waals surface area (Å²) in [5.74, 6) is -0.531. The van der Waals surface area contributed by atoms with Crippen molar-refractivity contribution in [1.82, 2.24) is 14.9 Å². The van der Waals surface area contributed by atoms with Crippen LogP contribution in [0, 0.1) is 5.92 Å². The Morgan fingerprint density at radius 2 is 1.94 bits per heavy atom. The van der Waals surface area contributed by atoms with E-state index in [0.717, 1.165) is 18.8 Å². The van der Waals surface area contributed by atoms with Crippen molar-refractivity contribution in [2.24, 2.45) is 5.92 Å². The summed E-state index contributed by atoms with van der Waals surface area (Å²) in [6.45, 7) is 14.7. The van der Waals surface area contributed by atoms with Crippen molar-refractivity contribution in [3.8, 4) is 0 Å². The number of morpholine rings is 1. The Morgan fingerprint density at radius 1 is 1.29 bits per heavy atom. The van der Waals surface area contributed by atoms with Gasteiger partial charge in [-0.3, -0.25) is 9.52 Å². The van der Waals surface area contributed by atoms with Crippen LogP contribution in [0.2, 0.25) is 0 Å². The third-order valence-electron chi connectivity index (χ3n) is 5.17. The minimum Gasteiger partial charge on any atom is -0.372 e. The lowest BCUT2D eigenvalue weighted by atomic mass is 9.98. The van der Waals surface area contributed by atoms with Crippen molar-refractivity contribution >= 4 is 15.9 Å². The van der Waals surface area contributed by atoms with Crippen LogP contribution in [-0.4, -0.2) is 49.8 Å². The number of ether oxygens (including phenoxy) is 1. The minimum atomic E-state index is -3.41. The van der Waals surface area contributed by atoms with Gasteiger partial charge in [-0.25, -0.2) is 8.42 Å². The summed E-state index contributed by atoms with van der Waals surface area (Å²) in [6, 6.07) is 0. The highest BCUT2D eigenvalue weighted by molar-refractivity contribution is 7.90. The lowest BCUT2D eigenvalue weighted by Gasteiger charge is -2.37. The number of carbonyl (C=O) groups is 1. The molecule has 0 saturated carbocycles. The van der Waals surface area contributed by atoms with Crippen LogP contribution in [0.15, 0.2) is 60.1 Å². The zero-order chi connectivity index (χ0) is 23.2. The van der Waals surface area contributed by atoms with Gasteiger partial charge in [0.1, 0.15) is 0 Å². The summed E-state index contributed by atoms with van der Waals surface area (Å²) in [5, 5.41) is 2.43. The van der Waals surface area contributed by atoms with Crippen LogP contribution in [-0.2, 0) is 19.6 Å². The zero-order valence-electron chi connectivity index (χ0n) is 19.1. The number of sulfonamides is 1. The third kappa shape index (κ3) is 7.40. The van der Waals surface area contributed by atoms with Crippen molar-refractivity contribution in [2.45, 2.75) is 58.5 Å². The van der Waals surface area contributed by atoms with Gasteiger partial charge < -0.3 is 15.0 Å². The van der Waals surface area contributed by atoms with Crippen LogP contribution >= 0.6 is 0 Å². The van der Waals surface area contributed by atoms with Gasteiger partial charge in [0.15, 0.2) is 0 Å². The second-order valence-corrected chi connectivity index (χ2v) is 10.6. The molecule has 3 atom stereocenters. The van der Waals surface area contributed by atoms with Crippen molar-refractivity contribution in [1.29, 1.82) is 0 Å². The molecule has 0 aromatic carbocycles. The molecule has 0 aromatic heterocycles. The van der Waals surface area contributed by atoms with Gasteiger partial charge in [0.25, 0.3) is 0 Å². The predicted octanol–water partition coefficient (Wildman–Crippen LogP) is 2.97. The highest BCUT2D eigenvalue weighted by atomic mass is 32.2. The number of amides is 1. The summed E-state index contributed by atoms with van der Waals surface area (Å²) in [5.41, 5.74) is 2.19. The van der Waals surface area contributed by atoms with E-state index in [0.29, 0.717) is 17.8 Å². The highest BCUT2D eigenvalue weighted by Crippen LogP contribution is 2.19. The van der Waals surface area contributed by atoms with Gasteiger partial charge in [-0.1, -0.05) is 24.8 Å². The number of nitrogens with zero attached hydrogens (tertiary/aromatic N) is 1. The van der Waals surface area contributed by atoms with E-state index < -0.39 is 15.3 Å². The largest absolute Gasteiger partial charge is 0.372 e. The van der Waals surface area contributed by atoms with E-state index in [1.54, 1.807) is 44.2 Å². The molecule has 1 saturated heterocycles. The van der Waals surface area contributed by atoms with Crippen LogP contribution in [0.3, 0.4) is 0 Å². The Labute approximate surface area is 186 Å². The monoisotopic (exact) mass is 449 g/mol.